The highest BCUT2D eigenvalue weighted by Crippen LogP contribution is 2.34. The summed E-state index contributed by atoms with van der Waals surface area (Å²) in [5.41, 5.74) is 6.03. The molecule has 32 heavy (non-hydrogen) atoms. The zero-order valence-corrected chi connectivity index (χ0v) is 21.4. The average Bonchev–Trinajstić information content (AvgIpc) is 2.76. The van der Waals surface area contributed by atoms with Crippen molar-refractivity contribution in [3.8, 4) is 11.5 Å². The van der Waals surface area contributed by atoms with Crippen LogP contribution in [0.15, 0.2) is 70.2 Å². The molecule has 6 nitrogen and oxygen atoms in total. The van der Waals surface area contributed by atoms with Gasteiger partial charge < -0.3 is 14.8 Å². The number of benzene rings is 3. The van der Waals surface area contributed by atoms with Crippen LogP contribution in [0.1, 0.15) is 23.6 Å². The first-order valence-corrected chi connectivity index (χ1v) is 11.8. The summed E-state index contributed by atoms with van der Waals surface area (Å²) < 4.78 is 13.7. The summed E-state index contributed by atoms with van der Waals surface area (Å²) >= 11 is 5.65. The van der Waals surface area contributed by atoms with Crippen LogP contribution in [0.25, 0.3) is 0 Å². The number of ether oxygens (including phenoxy) is 2. The van der Waals surface area contributed by atoms with Gasteiger partial charge in [-0.1, -0.05) is 46.3 Å². The number of anilines is 1. The van der Waals surface area contributed by atoms with E-state index in [9.17, 15) is 4.79 Å². The molecule has 0 aliphatic heterocycles. The Kier molecular flexibility index (Phi) is 8.92. The van der Waals surface area contributed by atoms with Crippen LogP contribution in [0.2, 0.25) is 0 Å². The fourth-order valence-corrected chi connectivity index (χ4v) is 3.88. The molecule has 166 valence electrons. The smallest absolute Gasteiger partial charge is 0.339 e. The standard InChI is InChI=1S/C24H23BrIN3O3/c1-3-31-22-13-18(14-27-29-24(30)28-21-7-5-4-6-16(21)2)12-20(26)23(22)32-15-17-8-10-19(25)11-9-17/h4-14H,3,15H2,1-2H3,(H2,28,29,30). The second-order valence-electron chi connectivity index (χ2n) is 6.82. The van der Waals surface area contributed by atoms with Gasteiger partial charge in [-0.2, -0.15) is 5.10 Å². The molecule has 0 radical (unpaired) electrons. The van der Waals surface area contributed by atoms with E-state index < -0.39 is 6.03 Å². The highest BCUT2D eigenvalue weighted by Gasteiger charge is 2.12. The van der Waals surface area contributed by atoms with E-state index in [-0.39, 0.29) is 0 Å². The Morgan fingerprint density at radius 3 is 2.59 bits per heavy atom. The van der Waals surface area contributed by atoms with Gasteiger partial charge in [0.15, 0.2) is 11.5 Å². The molecule has 3 rings (SSSR count). The van der Waals surface area contributed by atoms with Gasteiger partial charge in [0, 0.05) is 10.2 Å². The van der Waals surface area contributed by atoms with Gasteiger partial charge in [-0.05, 0) is 83.5 Å². The van der Waals surface area contributed by atoms with Crippen molar-refractivity contribution in [2.45, 2.75) is 20.5 Å². The number of carbonyl (C=O) groups is 1. The largest absolute Gasteiger partial charge is 0.490 e. The van der Waals surface area contributed by atoms with E-state index in [1.807, 2.05) is 74.5 Å². The number of aryl methyl sites for hydroxylation is 1. The second-order valence-corrected chi connectivity index (χ2v) is 8.90. The average molecular weight is 608 g/mol. The zero-order chi connectivity index (χ0) is 22.9. The molecule has 8 heteroatoms. The van der Waals surface area contributed by atoms with E-state index in [4.69, 9.17) is 9.47 Å². The van der Waals surface area contributed by atoms with Gasteiger partial charge in [0.05, 0.1) is 16.4 Å². The van der Waals surface area contributed by atoms with Gasteiger partial charge in [0.1, 0.15) is 6.61 Å². The van der Waals surface area contributed by atoms with Crippen molar-refractivity contribution in [2.75, 3.05) is 11.9 Å². The minimum absolute atomic E-state index is 0.412. The van der Waals surface area contributed by atoms with Crippen molar-refractivity contribution in [2.24, 2.45) is 5.10 Å². The summed E-state index contributed by atoms with van der Waals surface area (Å²) in [7, 11) is 0. The predicted molar refractivity (Wildman–Crippen MR) is 140 cm³/mol. The lowest BCUT2D eigenvalue weighted by Crippen LogP contribution is -2.24. The zero-order valence-electron chi connectivity index (χ0n) is 17.7. The molecule has 2 amide bonds. The number of amides is 2. The molecule has 0 heterocycles. The maximum atomic E-state index is 12.1. The molecule has 0 fully saturated rings. The normalized spacial score (nSPS) is 10.8. The summed E-state index contributed by atoms with van der Waals surface area (Å²) in [4.78, 5) is 12.1. The molecule has 0 aliphatic carbocycles. The van der Waals surface area contributed by atoms with Crippen LogP contribution >= 0.6 is 38.5 Å². The molecule has 3 aromatic rings. The van der Waals surface area contributed by atoms with E-state index in [0.717, 1.165) is 30.4 Å². The number of para-hydroxylation sites is 1. The highest BCUT2D eigenvalue weighted by atomic mass is 127. The molecular formula is C24H23BrIN3O3. The van der Waals surface area contributed by atoms with Crippen LogP contribution in [-0.2, 0) is 6.61 Å². The van der Waals surface area contributed by atoms with Crippen molar-refractivity contribution in [3.63, 3.8) is 0 Å². The van der Waals surface area contributed by atoms with Gasteiger partial charge in [0.25, 0.3) is 0 Å². The van der Waals surface area contributed by atoms with Gasteiger partial charge in [0.2, 0.25) is 0 Å². The first kappa shape index (κ1) is 24.1. The quantitative estimate of drug-likeness (QED) is 0.175. The third kappa shape index (κ3) is 6.96. The maximum absolute atomic E-state index is 12.1. The van der Waals surface area contributed by atoms with Crippen LogP contribution in [0.4, 0.5) is 10.5 Å². The molecular weight excluding hydrogens is 585 g/mol. The first-order chi connectivity index (χ1) is 15.5. The Balaban J connectivity index is 1.67. The molecule has 0 atom stereocenters. The third-order valence-electron chi connectivity index (χ3n) is 4.40. The highest BCUT2D eigenvalue weighted by molar-refractivity contribution is 14.1. The fraction of sp³-hybridized carbons (Fsp3) is 0.167. The SMILES string of the molecule is CCOc1cc(C=NNC(=O)Nc2ccccc2C)cc(I)c1OCc1ccc(Br)cc1. The number of nitrogens with zero attached hydrogens (tertiary/aromatic N) is 1. The Bertz CT molecular complexity index is 1100. The lowest BCUT2D eigenvalue weighted by Gasteiger charge is -2.15. The van der Waals surface area contributed by atoms with Crippen LogP contribution in [-0.4, -0.2) is 18.9 Å². The van der Waals surface area contributed by atoms with Crippen molar-refractivity contribution in [1.29, 1.82) is 0 Å². The maximum Gasteiger partial charge on any atom is 0.339 e. The van der Waals surface area contributed by atoms with Crippen LogP contribution in [0.3, 0.4) is 0 Å². The molecule has 0 bridgehead atoms. The molecule has 3 aromatic carbocycles. The van der Waals surface area contributed by atoms with Crippen molar-refractivity contribution in [3.05, 3.63) is 85.4 Å². The molecule has 0 spiro atoms. The van der Waals surface area contributed by atoms with Crippen molar-refractivity contribution < 1.29 is 14.3 Å². The number of hydrogen-bond acceptors (Lipinski definition) is 4. The summed E-state index contributed by atoms with van der Waals surface area (Å²) in [6, 6.07) is 18.9. The molecule has 0 unspecified atom stereocenters. The number of rotatable bonds is 8. The lowest BCUT2D eigenvalue weighted by molar-refractivity contribution is 0.252. The van der Waals surface area contributed by atoms with Crippen molar-refractivity contribution in [1.82, 2.24) is 5.43 Å². The number of nitrogens with one attached hydrogen (secondary N) is 2. The van der Waals surface area contributed by atoms with Crippen LogP contribution in [0.5, 0.6) is 11.5 Å². The second kappa shape index (κ2) is 11.9. The Hall–Kier alpha value is -2.59. The van der Waals surface area contributed by atoms with E-state index in [2.05, 4.69) is 54.4 Å². The Morgan fingerprint density at radius 2 is 1.88 bits per heavy atom. The van der Waals surface area contributed by atoms with Gasteiger partial charge in [-0.15, -0.1) is 0 Å². The Labute approximate surface area is 209 Å². The van der Waals surface area contributed by atoms with E-state index in [1.165, 1.54) is 0 Å². The van der Waals surface area contributed by atoms with Crippen LogP contribution in [0, 0.1) is 10.5 Å². The number of hydrogen-bond donors (Lipinski definition) is 2. The van der Waals surface area contributed by atoms with Crippen molar-refractivity contribution >= 4 is 56.5 Å². The lowest BCUT2D eigenvalue weighted by atomic mass is 10.2. The number of carbonyl (C=O) groups excluding carboxylic acids is 1. The van der Waals surface area contributed by atoms with Gasteiger partial charge >= 0.3 is 6.03 Å². The Morgan fingerprint density at radius 1 is 1.12 bits per heavy atom. The van der Waals surface area contributed by atoms with E-state index in [1.54, 1.807) is 6.21 Å². The van der Waals surface area contributed by atoms with E-state index in [0.29, 0.717) is 24.7 Å². The third-order valence-corrected chi connectivity index (χ3v) is 5.73. The predicted octanol–water partition coefficient (Wildman–Crippen LogP) is 6.50. The number of hydrazone groups is 1. The fourth-order valence-electron chi connectivity index (χ4n) is 2.83. The number of urea groups is 1. The molecule has 0 aromatic heterocycles. The monoisotopic (exact) mass is 607 g/mol. The molecule has 0 saturated carbocycles. The molecule has 2 N–H and O–H groups in total. The summed E-state index contributed by atoms with van der Waals surface area (Å²) in [6.45, 7) is 4.78. The number of halogens is 2. The minimum Gasteiger partial charge on any atom is -0.490 e. The summed E-state index contributed by atoms with van der Waals surface area (Å²) in [6.07, 6.45) is 1.57. The first-order valence-electron chi connectivity index (χ1n) is 9.95. The molecule has 0 aliphatic rings. The van der Waals surface area contributed by atoms with Crippen LogP contribution < -0.4 is 20.2 Å². The summed E-state index contributed by atoms with van der Waals surface area (Å²) in [5.74, 6) is 1.31. The topological polar surface area (TPSA) is 72.0 Å². The molecule has 0 saturated heterocycles. The summed E-state index contributed by atoms with van der Waals surface area (Å²) in [5, 5.41) is 6.82. The van der Waals surface area contributed by atoms with E-state index >= 15 is 0 Å². The minimum atomic E-state index is -0.412. The van der Waals surface area contributed by atoms with Gasteiger partial charge in [-0.25, -0.2) is 10.2 Å². The van der Waals surface area contributed by atoms with Gasteiger partial charge in [-0.3, -0.25) is 0 Å².